The molecule has 0 aliphatic carbocycles. The Kier molecular flexibility index (Phi) is 2.95. The second-order valence-electron chi connectivity index (χ2n) is 3.74. The molecule has 0 nitrogen and oxygen atoms in total. The monoisotopic (exact) mass is 186 g/mol. The van der Waals surface area contributed by atoms with Gasteiger partial charge < -0.3 is 0 Å². The smallest absolute Gasteiger partial charge is 0.0198 e. The maximum Gasteiger partial charge on any atom is -0.0198 e. The number of hydrogen-bond donors (Lipinski definition) is 0. The molecule has 1 aromatic rings. The van der Waals surface area contributed by atoms with Gasteiger partial charge in [-0.2, -0.15) is 0 Å². The van der Waals surface area contributed by atoms with Crippen LogP contribution in [0.15, 0.2) is 13.2 Å². The molecular weight excluding hydrogens is 168 g/mol. The van der Waals surface area contributed by atoms with Gasteiger partial charge in [0, 0.05) is 0 Å². The van der Waals surface area contributed by atoms with Crippen molar-refractivity contribution in [3.8, 4) is 0 Å². The number of benzene rings is 1. The first kappa shape index (κ1) is 10.8. The third-order valence-corrected chi connectivity index (χ3v) is 3.15. The first-order valence-electron chi connectivity index (χ1n) is 4.89. The lowest BCUT2D eigenvalue weighted by molar-refractivity contribution is 1.21. The Morgan fingerprint density at radius 1 is 0.643 bits per heavy atom. The molecule has 1 rings (SSSR count). The van der Waals surface area contributed by atoms with Crippen LogP contribution in [0, 0.1) is 27.7 Å². The van der Waals surface area contributed by atoms with Crippen LogP contribution in [-0.2, 0) is 0 Å². The molecule has 14 heavy (non-hydrogen) atoms. The molecule has 0 aliphatic heterocycles. The molecule has 0 unspecified atom stereocenters. The van der Waals surface area contributed by atoms with Crippen LogP contribution in [0.25, 0.3) is 12.2 Å². The fraction of sp³-hybridized carbons (Fsp3) is 0.286. The molecule has 0 atom stereocenters. The average molecular weight is 186 g/mol. The van der Waals surface area contributed by atoms with Crippen LogP contribution < -0.4 is 0 Å². The molecule has 1 aromatic carbocycles. The third-order valence-electron chi connectivity index (χ3n) is 3.15. The summed E-state index contributed by atoms with van der Waals surface area (Å²) in [7, 11) is 0. The highest BCUT2D eigenvalue weighted by molar-refractivity contribution is 5.68. The van der Waals surface area contributed by atoms with Crippen molar-refractivity contribution in [3.63, 3.8) is 0 Å². The lowest BCUT2D eigenvalue weighted by Crippen LogP contribution is -1.98. The van der Waals surface area contributed by atoms with E-state index in [2.05, 4.69) is 40.9 Å². The lowest BCUT2D eigenvalue weighted by atomic mass is 9.89. The minimum absolute atomic E-state index is 1.27. The zero-order valence-electron chi connectivity index (χ0n) is 9.57. The van der Waals surface area contributed by atoms with Gasteiger partial charge in [-0.05, 0) is 61.1 Å². The summed E-state index contributed by atoms with van der Waals surface area (Å²) in [6.07, 6.45) is 3.88. The Bertz CT molecular complexity index is 327. The summed E-state index contributed by atoms with van der Waals surface area (Å²) in [5.74, 6) is 0. The van der Waals surface area contributed by atoms with E-state index in [9.17, 15) is 0 Å². The van der Waals surface area contributed by atoms with Crippen molar-refractivity contribution in [3.05, 3.63) is 46.5 Å². The topological polar surface area (TPSA) is 0 Å². The Hall–Kier alpha value is -1.30. The summed E-state index contributed by atoms with van der Waals surface area (Å²) >= 11 is 0. The highest BCUT2D eigenvalue weighted by Gasteiger charge is 2.10. The fourth-order valence-electron chi connectivity index (χ4n) is 1.98. The predicted octanol–water partition coefficient (Wildman–Crippen LogP) is 4.21. The summed E-state index contributed by atoms with van der Waals surface area (Å²) in [6, 6.07) is 0. The highest BCUT2D eigenvalue weighted by atomic mass is 14.1. The van der Waals surface area contributed by atoms with Gasteiger partial charge in [-0.1, -0.05) is 25.3 Å². The number of rotatable bonds is 2. The van der Waals surface area contributed by atoms with E-state index in [4.69, 9.17) is 0 Å². The maximum absolute atomic E-state index is 3.86. The van der Waals surface area contributed by atoms with Gasteiger partial charge in [-0.25, -0.2) is 0 Å². The lowest BCUT2D eigenvalue weighted by Gasteiger charge is -2.16. The van der Waals surface area contributed by atoms with Crippen LogP contribution in [0.4, 0.5) is 0 Å². The summed E-state index contributed by atoms with van der Waals surface area (Å²) < 4.78 is 0. The minimum Gasteiger partial charge on any atom is -0.0984 e. The van der Waals surface area contributed by atoms with E-state index < -0.39 is 0 Å². The summed E-state index contributed by atoms with van der Waals surface area (Å²) in [4.78, 5) is 0. The van der Waals surface area contributed by atoms with Gasteiger partial charge in [0.2, 0.25) is 0 Å². The highest BCUT2D eigenvalue weighted by Crippen LogP contribution is 2.27. The molecule has 0 N–H and O–H groups in total. The van der Waals surface area contributed by atoms with E-state index in [1.165, 1.54) is 33.4 Å². The third kappa shape index (κ3) is 1.41. The predicted molar refractivity (Wildman–Crippen MR) is 65.6 cm³/mol. The minimum atomic E-state index is 1.27. The normalized spacial score (nSPS) is 10.0. The van der Waals surface area contributed by atoms with Gasteiger partial charge in [0.15, 0.2) is 0 Å². The van der Waals surface area contributed by atoms with Crippen molar-refractivity contribution < 1.29 is 0 Å². The molecule has 0 aromatic heterocycles. The van der Waals surface area contributed by atoms with E-state index in [-0.39, 0.29) is 0 Å². The first-order chi connectivity index (χ1) is 6.54. The van der Waals surface area contributed by atoms with Crippen molar-refractivity contribution in [1.82, 2.24) is 0 Å². The molecule has 0 amide bonds. The van der Waals surface area contributed by atoms with Crippen LogP contribution in [0.1, 0.15) is 33.4 Å². The second-order valence-corrected chi connectivity index (χ2v) is 3.74. The van der Waals surface area contributed by atoms with E-state index in [1.54, 1.807) is 0 Å². The van der Waals surface area contributed by atoms with Gasteiger partial charge in [-0.3, -0.25) is 0 Å². The van der Waals surface area contributed by atoms with Crippen molar-refractivity contribution in [2.75, 3.05) is 0 Å². The van der Waals surface area contributed by atoms with Crippen molar-refractivity contribution >= 4 is 12.2 Å². The fourth-order valence-corrected chi connectivity index (χ4v) is 1.98. The van der Waals surface area contributed by atoms with Gasteiger partial charge in [0.1, 0.15) is 0 Å². The van der Waals surface area contributed by atoms with Gasteiger partial charge in [-0.15, -0.1) is 0 Å². The molecule has 0 spiro atoms. The van der Waals surface area contributed by atoms with Crippen molar-refractivity contribution in [2.24, 2.45) is 0 Å². The SMILES string of the molecule is C=Cc1c(C)c(C)c(C=C)c(C)c1C. The number of hydrogen-bond acceptors (Lipinski definition) is 0. The molecule has 0 saturated heterocycles. The molecule has 0 radical (unpaired) electrons. The molecule has 0 saturated carbocycles. The van der Waals surface area contributed by atoms with Crippen LogP contribution in [0.3, 0.4) is 0 Å². The van der Waals surface area contributed by atoms with Crippen LogP contribution in [0.2, 0.25) is 0 Å². The molecule has 0 fully saturated rings. The molecule has 74 valence electrons. The molecule has 0 aliphatic rings. The van der Waals surface area contributed by atoms with Gasteiger partial charge in [0.25, 0.3) is 0 Å². The van der Waals surface area contributed by atoms with Gasteiger partial charge >= 0.3 is 0 Å². The van der Waals surface area contributed by atoms with E-state index >= 15 is 0 Å². The Balaban J connectivity index is 3.71. The maximum atomic E-state index is 3.86. The van der Waals surface area contributed by atoms with Crippen LogP contribution in [-0.4, -0.2) is 0 Å². The van der Waals surface area contributed by atoms with E-state index in [1.807, 2.05) is 12.2 Å². The molecule has 0 bridgehead atoms. The quantitative estimate of drug-likeness (QED) is 0.649. The van der Waals surface area contributed by atoms with Crippen LogP contribution >= 0.6 is 0 Å². The summed E-state index contributed by atoms with van der Waals surface area (Å²) in [6.45, 7) is 16.3. The largest absolute Gasteiger partial charge is 0.0984 e. The zero-order chi connectivity index (χ0) is 10.9. The summed E-state index contributed by atoms with van der Waals surface area (Å²) in [5, 5.41) is 0. The zero-order valence-corrected chi connectivity index (χ0v) is 9.57. The Labute approximate surface area is 87.0 Å². The van der Waals surface area contributed by atoms with Gasteiger partial charge in [0.05, 0.1) is 0 Å². The first-order valence-corrected chi connectivity index (χ1v) is 4.89. The standard InChI is InChI=1S/C14H18/c1-7-13-9(3)11(5)14(8-2)12(6)10(13)4/h7-8H,1-2H2,3-6H3. The van der Waals surface area contributed by atoms with Crippen molar-refractivity contribution in [1.29, 1.82) is 0 Å². The molecule has 0 heterocycles. The Morgan fingerprint density at radius 2 is 0.857 bits per heavy atom. The molecular formula is C14H18. The Morgan fingerprint density at radius 3 is 1.00 bits per heavy atom. The average Bonchev–Trinajstić information content (AvgIpc) is 2.17. The second kappa shape index (κ2) is 3.83. The van der Waals surface area contributed by atoms with Crippen molar-refractivity contribution in [2.45, 2.75) is 27.7 Å². The molecule has 0 heteroatoms. The summed E-state index contributed by atoms with van der Waals surface area (Å²) in [5.41, 5.74) is 7.81. The van der Waals surface area contributed by atoms with Crippen LogP contribution in [0.5, 0.6) is 0 Å². The van der Waals surface area contributed by atoms with E-state index in [0.717, 1.165) is 0 Å². The van der Waals surface area contributed by atoms with E-state index in [0.29, 0.717) is 0 Å².